The lowest BCUT2D eigenvalue weighted by molar-refractivity contribution is -0.150. The van der Waals surface area contributed by atoms with Crippen molar-refractivity contribution < 1.29 is 31.9 Å². The maximum Gasteiger partial charge on any atom is 0.442 e. The molecule has 34 heavy (non-hydrogen) atoms. The van der Waals surface area contributed by atoms with Crippen LogP contribution in [0, 0.1) is 0 Å². The van der Waals surface area contributed by atoms with E-state index in [4.69, 9.17) is 23.3 Å². The van der Waals surface area contributed by atoms with Gasteiger partial charge in [0.25, 0.3) is 0 Å². The number of hydrogen-bond donors (Lipinski definition) is 3. The molecule has 0 atom stereocenters. The molecule has 2 aromatic rings. The quantitative estimate of drug-likeness (QED) is 0.310. The molecular formula is C21H21N5O7S. The van der Waals surface area contributed by atoms with E-state index in [1.54, 1.807) is 31.4 Å². The van der Waals surface area contributed by atoms with Gasteiger partial charge in [0.1, 0.15) is 17.2 Å². The largest absolute Gasteiger partial charge is 0.497 e. The Balaban J connectivity index is 1.58. The van der Waals surface area contributed by atoms with E-state index in [-0.39, 0.29) is 30.1 Å². The zero-order chi connectivity index (χ0) is 24.3. The molecule has 178 valence electrons. The highest BCUT2D eigenvalue weighted by Gasteiger charge is 2.49. The van der Waals surface area contributed by atoms with Crippen LogP contribution < -0.4 is 21.1 Å². The number of benzene rings is 1. The van der Waals surface area contributed by atoms with Crippen molar-refractivity contribution in [1.29, 1.82) is 0 Å². The molecule has 2 aliphatic rings. The molecule has 0 radical (unpaired) electrons. The SMILES string of the molecule is COc1cccc(CN=C(N)/N=C2\NC(c3ccc(CNC(C)=O)o3)=CS23OC(=O)C(=O)O3)c1. The molecule has 1 amide bonds. The molecular weight excluding hydrogens is 466 g/mol. The van der Waals surface area contributed by atoms with Gasteiger partial charge in [0, 0.05) is 6.92 Å². The number of amides is 1. The number of nitrogens with two attached hydrogens (primary N) is 1. The standard InChI is InChI=1S/C21H21N5O7S/c1-12(27)23-10-15-6-7-17(31-15)16-11-34(32-18(28)19(29)33-34)21(25-16)26-20(22)24-9-13-4-3-5-14(8-13)30-2/h3-8,11H,9-10H2,1-2H3,(H,23,27)(H3,22,24,25,26). The van der Waals surface area contributed by atoms with Crippen molar-refractivity contribution in [2.45, 2.75) is 20.0 Å². The van der Waals surface area contributed by atoms with Gasteiger partial charge in [0.05, 0.1) is 25.6 Å². The summed E-state index contributed by atoms with van der Waals surface area (Å²) in [7, 11) is -1.44. The first-order valence-electron chi connectivity index (χ1n) is 9.92. The number of guanidine groups is 1. The molecule has 3 heterocycles. The Kier molecular flexibility index (Phi) is 6.27. The monoisotopic (exact) mass is 487 g/mol. The molecule has 0 aliphatic carbocycles. The first-order valence-corrected chi connectivity index (χ1v) is 11.5. The lowest BCUT2D eigenvalue weighted by Crippen LogP contribution is -2.24. The van der Waals surface area contributed by atoms with Crippen LogP contribution in [-0.2, 0) is 35.8 Å². The lowest BCUT2D eigenvalue weighted by atomic mass is 10.2. The number of carbonyl (C=O) groups excluding carboxylic acids is 3. The predicted molar refractivity (Wildman–Crippen MR) is 123 cm³/mol. The number of rotatable bonds is 6. The molecule has 4 N–H and O–H groups in total. The van der Waals surface area contributed by atoms with Gasteiger partial charge in [-0.05, 0) is 40.4 Å². The molecule has 1 aromatic heterocycles. The summed E-state index contributed by atoms with van der Waals surface area (Å²) in [5, 5.41) is 6.99. The fraction of sp³-hybridized carbons (Fsp3) is 0.190. The molecule has 0 bridgehead atoms. The van der Waals surface area contributed by atoms with Gasteiger partial charge < -0.3 is 33.9 Å². The summed E-state index contributed by atoms with van der Waals surface area (Å²) in [5.74, 6) is -1.10. The molecule has 1 saturated heterocycles. The van der Waals surface area contributed by atoms with Crippen LogP contribution in [0.15, 0.2) is 56.2 Å². The van der Waals surface area contributed by atoms with Crippen LogP contribution in [0.4, 0.5) is 0 Å². The Morgan fingerprint density at radius 2 is 1.97 bits per heavy atom. The molecule has 1 aromatic carbocycles. The highest BCUT2D eigenvalue weighted by molar-refractivity contribution is 8.41. The first kappa shape index (κ1) is 22.9. The normalized spacial score (nSPS) is 18.8. The van der Waals surface area contributed by atoms with E-state index in [9.17, 15) is 14.4 Å². The smallest absolute Gasteiger partial charge is 0.442 e. The van der Waals surface area contributed by atoms with Crippen molar-refractivity contribution in [3.63, 3.8) is 0 Å². The number of methoxy groups -OCH3 is 1. The molecule has 13 heteroatoms. The summed E-state index contributed by atoms with van der Waals surface area (Å²) in [6.07, 6.45) is 0. The highest BCUT2D eigenvalue weighted by atomic mass is 32.3. The van der Waals surface area contributed by atoms with Crippen LogP contribution in [0.25, 0.3) is 5.70 Å². The fourth-order valence-electron chi connectivity index (χ4n) is 2.99. The minimum Gasteiger partial charge on any atom is -0.497 e. The van der Waals surface area contributed by atoms with E-state index in [2.05, 4.69) is 20.6 Å². The average molecular weight is 487 g/mol. The van der Waals surface area contributed by atoms with Gasteiger partial charge in [-0.3, -0.25) is 4.79 Å². The second-order valence-corrected chi connectivity index (χ2v) is 9.11. The molecule has 0 saturated carbocycles. The van der Waals surface area contributed by atoms with Gasteiger partial charge in [-0.25, -0.2) is 14.6 Å². The van der Waals surface area contributed by atoms with E-state index < -0.39 is 22.5 Å². The summed E-state index contributed by atoms with van der Waals surface area (Å²) in [6.45, 7) is 1.80. The van der Waals surface area contributed by atoms with Gasteiger partial charge in [-0.15, -0.1) is 0 Å². The van der Waals surface area contributed by atoms with Gasteiger partial charge in [-0.1, -0.05) is 12.1 Å². The van der Waals surface area contributed by atoms with Gasteiger partial charge in [0.2, 0.25) is 17.0 Å². The van der Waals surface area contributed by atoms with Gasteiger partial charge >= 0.3 is 11.9 Å². The topological polar surface area (TPSA) is 167 Å². The average Bonchev–Trinajstić information content (AvgIpc) is 3.49. The number of hydrogen-bond acceptors (Lipinski definition) is 8. The molecule has 1 fully saturated rings. The predicted octanol–water partition coefficient (Wildman–Crippen LogP) is 1.43. The summed E-state index contributed by atoms with van der Waals surface area (Å²) < 4.78 is 21.4. The van der Waals surface area contributed by atoms with Gasteiger partial charge in [0.15, 0.2) is 5.76 Å². The third kappa shape index (κ3) is 4.88. The summed E-state index contributed by atoms with van der Waals surface area (Å²) in [4.78, 5) is 43.2. The summed E-state index contributed by atoms with van der Waals surface area (Å²) in [6, 6.07) is 10.6. The molecule has 0 unspecified atom stereocenters. The van der Waals surface area contributed by atoms with Gasteiger partial charge in [-0.2, -0.15) is 4.99 Å². The van der Waals surface area contributed by atoms with Crippen molar-refractivity contribution >= 4 is 45.3 Å². The van der Waals surface area contributed by atoms with E-state index in [1.807, 2.05) is 12.1 Å². The van der Waals surface area contributed by atoms with Crippen molar-refractivity contribution in [1.82, 2.24) is 10.6 Å². The molecule has 2 aliphatic heterocycles. The number of nitrogens with zero attached hydrogens (tertiary/aromatic N) is 2. The Labute approximate surface area is 195 Å². The number of ether oxygens (including phenoxy) is 1. The van der Waals surface area contributed by atoms with Crippen molar-refractivity contribution in [2.75, 3.05) is 7.11 Å². The molecule has 12 nitrogen and oxygen atoms in total. The first-order chi connectivity index (χ1) is 16.3. The Morgan fingerprint density at radius 1 is 1.21 bits per heavy atom. The number of furan rings is 1. The van der Waals surface area contributed by atoms with E-state index in [0.29, 0.717) is 23.0 Å². The fourth-order valence-corrected chi connectivity index (χ4v) is 4.93. The number of carbonyl (C=O) groups is 3. The van der Waals surface area contributed by atoms with Crippen molar-refractivity contribution in [3.8, 4) is 5.75 Å². The second kappa shape index (κ2) is 9.31. The van der Waals surface area contributed by atoms with E-state index in [1.165, 1.54) is 12.3 Å². The van der Waals surface area contributed by atoms with Crippen LogP contribution >= 0.6 is 10.6 Å². The number of amidine groups is 1. The lowest BCUT2D eigenvalue weighted by Gasteiger charge is -2.26. The number of aliphatic imine (C=N–C) groups is 2. The van der Waals surface area contributed by atoms with Crippen LogP contribution in [0.5, 0.6) is 5.75 Å². The Hall–Kier alpha value is -4.26. The van der Waals surface area contributed by atoms with E-state index >= 15 is 0 Å². The van der Waals surface area contributed by atoms with Crippen LogP contribution in [0.2, 0.25) is 0 Å². The zero-order valence-electron chi connectivity index (χ0n) is 18.2. The van der Waals surface area contributed by atoms with Crippen molar-refractivity contribution in [2.24, 2.45) is 15.7 Å². The van der Waals surface area contributed by atoms with E-state index in [0.717, 1.165) is 5.56 Å². The maximum atomic E-state index is 11.8. The summed E-state index contributed by atoms with van der Waals surface area (Å²) in [5.41, 5.74) is 7.17. The zero-order valence-corrected chi connectivity index (χ0v) is 19.0. The molecule has 4 rings (SSSR count). The third-order valence-corrected chi connectivity index (χ3v) is 6.64. The Bertz CT molecular complexity index is 1230. The highest BCUT2D eigenvalue weighted by Crippen LogP contribution is 2.60. The minimum atomic E-state index is -3.00. The van der Waals surface area contributed by atoms with Crippen LogP contribution in [0.1, 0.15) is 24.0 Å². The van der Waals surface area contributed by atoms with Crippen molar-refractivity contribution in [3.05, 3.63) is 58.9 Å². The van der Waals surface area contributed by atoms with Crippen LogP contribution in [-0.4, -0.2) is 36.1 Å². The maximum absolute atomic E-state index is 11.8. The summed E-state index contributed by atoms with van der Waals surface area (Å²) >= 11 is 0. The second-order valence-electron chi connectivity index (χ2n) is 7.06. The Morgan fingerprint density at radius 3 is 2.68 bits per heavy atom. The van der Waals surface area contributed by atoms with Crippen LogP contribution in [0.3, 0.4) is 0 Å². The number of nitrogens with one attached hydrogen (secondary N) is 2. The third-order valence-electron chi connectivity index (χ3n) is 4.56. The molecule has 1 spiro atoms. The minimum absolute atomic E-state index is 0.00778.